The predicted octanol–water partition coefficient (Wildman–Crippen LogP) is 6.51. The number of benzene rings is 2. The minimum atomic E-state index is -5.20. The summed E-state index contributed by atoms with van der Waals surface area (Å²) < 4.78 is 56.4. The lowest BCUT2D eigenvalue weighted by Crippen LogP contribution is -2.35. The number of ether oxygens (including phenoxy) is 1. The summed E-state index contributed by atoms with van der Waals surface area (Å²) in [5, 5.41) is 25.2. The van der Waals surface area contributed by atoms with Crippen LogP contribution in [0.15, 0.2) is 48.8 Å². The van der Waals surface area contributed by atoms with Crippen LogP contribution < -0.4 is 5.32 Å². The summed E-state index contributed by atoms with van der Waals surface area (Å²) in [5.41, 5.74) is 0.369. The molecule has 1 unspecified atom stereocenters. The maximum Gasteiger partial charge on any atom is 0.490 e. The molecule has 0 saturated carbocycles. The van der Waals surface area contributed by atoms with Crippen molar-refractivity contribution >= 4 is 34.2 Å². The molecule has 4 aromatic rings. The minimum absolute atomic E-state index is 0.251. The Bertz CT molecular complexity index is 1670. The van der Waals surface area contributed by atoms with Crippen LogP contribution in [0.1, 0.15) is 56.4 Å². The van der Waals surface area contributed by atoms with Crippen molar-refractivity contribution in [2.75, 3.05) is 11.9 Å². The van der Waals surface area contributed by atoms with Crippen LogP contribution in [0.2, 0.25) is 5.02 Å². The second kappa shape index (κ2) is 11.7. The molecule has 0 aliphatic heterocycles. The smallest absolute Gasteiger partial charge is 0.455 e. The summed E-state index contributed by atoms with van der Waals surface area (Å²) in [7, 11) is 0. The number of halogens is 5. The number of aliphatic hydroxyl groups is 2. The van der Waals surface area contributed by atoms with E-state index in [2.05, 4.69) is 25.0 Å². The van der Waals surface area contributed by atoms with Gasteiger partial charge in [0.05, 0.1) is 33.6 Å². The van der Waals surface area contributed by atoms with E-state index < -0.39 is 41.8 Å². The van der Waals surface area contributed by atoms with Crippen molar-refractivity contribution in [2.45, 2.75) is 58.0 Å². The summed E-state index contributed by atoms with van der Waals surface area (Å²) >= 11 is 6.68. The van der Waals surface area contributed by atoms with E-state index in [4.69, 9.17) is 11.6 Å². The van der Waals surface area contributed by atoms with Crippen LogP contribution in [0.25, 0.3) is 22.0 Å². The van der Waals surface area contributed by atoms with E-state index in [1.165, 1.54) is 24.5 Å². The molecule has 0 amide bonds. The molecule has 0 radical (unpaired) electrons. The highest BCUT2D eigenvalue weighted by molar-refractivity contribution is 6.35. The molecule has 0 saturated heterocycles. The first kappa shape index (κ1) is 32.1. The van der Waals surface area contributed by atoms with Gasteiger partial charge in [0.1, 0.15) is 12.4 Å². The third-order valence-corrected chi connectivity index (χ3v) is 7.27. The average molecular weight is 621 g/mol. The standard InChI is InChI=1S/C30H29ClF4N4O4/c1-15(20-11-19(28(3,4)41)7-8-22(20)32)39-25-21-10-17(6-9-23(21)38-16(2)24(25)31)18-12-36-26(37-13-18)29(5,42)14-43-27(40)30(33,34)35/h6-13,15,41-42H,14H2,1-5H3,(H,38,39)/t15-,29?/m1/s1. The first-order chi connectivity index (χ1) is 19.9. The predicted molar refractivity (Wildman–Crippen MR) is 153 cm³/mol. The Labute approximate surface area is 249 Å². The van der Waals surface area contributed by atoms with Gasteiger partial charge in [-0.1, -0.05) is 23.7 Å². The van der Waals surface area contributed by atoms with Crippen LogP contribution in [-0.4, -0.2) is 43.9 Å². The molecule has 13 heteroatoms. The highest BCUT2D eigenvalue weighted by Crippen LogP contribution is 2.38. The van der Waals surface area contributed by atoms with Crippen LogP contribution >= 0.6 is 11.6 Å². The third kappa shape index (κ3) is 7.03. The number of hydrogen-bond acceptors (Lipinski definition) is 8. The normalized spacial score (nSPS) is 14.3. The van der Waals surface area contributed by atoms with Crippen molar-refractivity contribution in [3.8, 4) is 11.1 Å². The molecule has 0 bridgehead atoms. The number of nitrogens with zero attached hydrogens (tertiary/aromatic N) is 3. The van der Waals surface area contributed by atoms with Crippen molar-refractivity contribution in [1.29, 1.82) is 0 Å². The molecule has 228 valence electrons. The number of carbonyl (C=O) groups is 1. The summed E-state index contributed by atoms with van der Waals surface area (Å²) in [6.45, 7) is 6.85. The number of aromatic nitrogens is 3. The SMILES string of the molecule is Cc1nc2ccc(-c3cnc(C(C)(O)COC(=O)C(F)(F)F)nc3)cc2c(N[C@H](C)c2cc(C(C)(C)O)ccc2F)c1Cl. The molecule has 2 heterocycles. The van der Waals surface area contributed by atoms with Crippen LogP contribution in [0.3, 0.4) is 0 Å². The highest BCUT2D eigenvalue weighted by Gasteiger charge is 2.42. The van der Waals surface area contributed by atoms with Gasteiger partial charge in [0.25, 0.3) is 0 Å². The average Bonchev–Trinajstić information content (AvgIpc) is 2.93. The number of aryl methyl sites for hydroxylation is 1. The molecule has 0 aliphatic carbocycles. The fourth-order valence-electron chi connectivity index (χ4n) is 4.34. The molecule has 0 aliphatic rings. The van der Waals surface area contributed by atoms with Gasteiger partial charge in [-0.05, 0) is 70.0 Å². The lowest BCUT2D eigenvalue weighted by Gasteiger charge is -2.23. The molecule has 0 fully saturated rings. The van der Waals surface area contributed by atoms with Gasteiger partial charge in [-0.2, -0.15) is 13.2 Å². The summed E-state index contributed by atoms with van der Waals surface area (Å²) in [5.74, 6) is -3.14. The molecule has 43 heavy (non-hydrogen) atoms. The number of anilines is 1. The van der Waals surface area contributed by atoms with Crippen LogP contribution in [0, 0.1) is 12.7 Å². The zero-order valence-corrected chi connectivity index (χ0v) is 24.6. The van der Waals surface area contributed by atoms with Gasteiger partial charge in [0.15, 0.2) is 11.4 Å². The number of esters is 1. The Morgan fingerprint density at radius 3 is 2.30 bits per heavy atom. The molecule has 4 rings (SSSR count). The monoisotopic (exact) mass is 620 g/mol. The maximum absolute atomic E-state index is 14.9. The Hall–Kier alpha value is -3.87. The first-order valence-electron chi connectivity index (χ1n) is 13.1. The van der Waals surface area contributed by atoms with Crippen molar-refractivity contribution in [1.82, 2.24) is 15.0 Å². The Kier molecular flexibility index (Phi) is 8.70. The lowest BCUT2D eigenvalue weighted by atomic mass is 9.94. The number of nitrogens with one attached hydrogen (secondary N) is 1. The molecule has 0 spiro atoms. The molecule has 2 atom stereocenters. The van der Waals surface area contributed by atoms with E-state index in [1.54, 1.807) is 52.0 Å². The van der Waals surface area contributed by atoms with Gasteiger partial charge >= 0.3 is 12.1 Å². The molecule has 2 aromatic heterocycles. The third-order valence-electron chi connectivity index (χ3n) is 6.80. The quantitative estimate of drug-likeness (QED) is 0.151. The van der Waals surface area contributed by atoms with Gasteiger partial charge in [0.2, 0.25) is 0 Å². The summed E-state index contributed by atoms with van der Waals surface area (Å²) in [6.07, 6.45) is -2.48. The fraction of sp³-hybridized carbons (Fsp3) is 0.333. The van der Waals surface area contributed by atoms with Gasteiger partial charge < -0.3 is 20.3 Å². The van der Waals surface area contributed by atoms with Gasteiger partial charge in [-0.25, -0.2) is 19.2 Å². The van der Waals surface area contributed by atoms with Crippen LogP contribution in [-0.2, 0) is 20.7 Å². The van der Waals surface area contributed by atoms with Gasteiger partial charge in [0, 0.05) is 28.9 Å². The zero-order chi connectivity index (χ0) is 31.9. The van der Waals surface area contributed by atoms with E-state index in [0.717, 1.165) is 6.92 Å². The summed E-state index contributed by atoms with van der Waals surface area (Å²) in [4.78, 5) is 23.7. The van der Waals surface area contributed by atoms with Crippen molar-refractivity contribution in [2.24, 2.45) is 0 Å². The topological polar surface area (TPSA) is 117 Å². The molecular weight excluding hydrogens is 592 g/mol. The van der Waals surface area contributed by atoms with E-state index in [9.17, 15) is 32.6 Å². The highest BCUT2D eigenvalue weighted by atomic mass is 35.5. The minimum Gasteiger partial charge on any atom is -0.455 e. The molecular formula is C30H29ClF4N4O4. The zero-order valence-electron chi connectivity index (χ0n) is 23.8. The van der Waals surface area contributed by atoms with Gasteiger partial charge in [-0.3, -0.25) is 4.98 Å². The van der Waals surface area contributed by atoms with Crippen molar-refractivity contribution in [3.05, 3.63) is 82.3 Å². The van der Waals surface area contributed by atoms with Crippen molar-refractivity contribution in [3.63, 3.8) is 0 Å². The number of rotatable bonds is 8. The Morgan fingerprint density at radius 2 is 1.70 bits per heavy atom. The molecule has 2 aromatic carbocycles. The van der Waals surface area contributed by atoms with Gasteiger partial charge in [-0.15, -0.1) is 0 Å². The van der Waals surface area contributed by atoms with E-state index in [-0.39, 0.29) is 5.82 Å². The van der Waals surface area contributed by atoms with E-state index in [0.29, 0.717) is 49.6 Å². The summed E-state index contributed by atoms with van der Waals surface area (Å²) in [6, 6.07) is 9.14. The second-order valence-electron chi connectivity index (χ2n) is 10.9. The number of alkyl halides is 3. The number of fused-ring (bicyclic) bond motifs is 1. The number of hydrogen-bond donors (Lipinski definition) is 3. The first-order valence-corrected chi connectivity index (χ1v) is 13.4. The van der Waals surface area contributed by atoms with Crippen LogP contribution in [0.4, 0.5) is 23.2 Å². The van der Waals surface area contributed by atoms with Crippen LogP contribution in [0.5, 0.6) is 0 Å². The number of carbonyl (C=O) groups excluding carboxylic acids is 1. The molecule has 8 nitrogen and oxygen atoms in total. The fourth-order valence-corrected chi connectivity index (χ4v) is 4.54. The second-order valence-corrected chi connectivity index (χ2v) is 11.3. The van der Waals surface area contributed by atoms with E-state index in [1.807, 2.05) is 0 Å². The Balaban J connectivity index is 1.66. The number of pyridine rings is 1. The Morgan fingerprint density at radius 1 is 1.05 bits per heavy atom. The van der Waals surface area contributed by atoms with E-state index >= 15 is 0 Å². The molecule has 3 N–H and O–H groups in total. The van der Waals surface area contributed by atoms with Crippen molar-refractivity contribution < 1.29 is 37.3 Å². The largest absolute Gasteiger partial charge is 0.490 e. The maximum atomic E-state index is 14.9. The lowest BCUT2D eigenvalue weighted by molar-refractivity contribution is -0.205.